The number of nitro benzene ring substituents is 1. The summed E-state index contributed by atoms with van der Waals surface area (Å²) < 4.78 is 5.30. The molecule has 0 unspecified atom stereocenters. The molecule has 19 heavy (non-hydrogen) atoms. The van der Waals surface area contributed by atoms with Gasteiger partial charge in [0.05, 0.1) is 17.2 Å². The van der Waals surface area contributed by atoms with E-state index in [-0.39, 0.29) is 16.7 Å². The van der Waals surface area contributed by atoms with Crippen LogP contribution in [0.4, 0.5) is 5.69 Å². The first-order valence-corrected chi connectivity index (χ1v) is 6.17. The maximum absolute atomic E-state index is 10.5. The van der Waals surface area contributed by atoms with E-state index < -0.39 is 0 Å². The van der Waals surface area contributed by atoms with Crippen LogP contribution < -0.4 is 5.32 Å². The molecule has 1 atom stereocenters. The van der Waals surface area contributed by atoms with Crippen molar-refractivity contribution in [3.05, 3.63) is 64.1 Å². The molecule has 0 saturated heterocycles. The van der Waals surface area contributed by atoms with E-state index in [0.717, 1.165) is 24.3 Å². The van der Waals surface area contributed by atoms with Gasteiger partial charge in [0, 0.05) is 12.1 Å². The summed E-state index contributed by atoms with van der Waals surface area (Å²) in [7, 11) is 0. The van der Waals surface area contributed by atoms with Gasteiger partial charge in [-0.15, -0.1) is 0 Å². The Kier molecular flexibility index (Phi) is 4.30. The Morgan fingerprint density at radius 1 is 1.32 bits per heavy atom. The van der Waals surface area contributed by atoms with Gasteiger partial charge in [-0.25, -0.2) is 0 Å². The third-order valence-corrected chi connectivity index (χ3v) is 2.98. The smallest absolute Gasteiger partial charge is 0.269 e. The van der Waals surface area contributed by atoms with E-state index >= 15 is 0 Å². The average molecular weight is 260 g/mol. The summed E-state index contributed by atoms with van der Waals surface area (Å²) in [5.74, 6) is 0.906. The number of hydrogen-bond donors (Lipinski definition) is 1. The third-order valence-electron chi connectivity index (χ3n) is 2.98. The van der Waals surface area contributed by atoms with Gasteiger partial charge in [0.1, 0.15) is 5.76 Å². The van der Waals surface area contributed by atoms with Crippen molar-refractivity contribution in [2.24, 2.45) is 0 Å². The maximum atomic E-state index is 10.5. The van der Waals surface area contributed by atoms with Crippen molar-refractivity contribution in [3.63, 3.8) is 0 Å². The molecule has 0 radical (unpaired) electrons. The van der Waals surface area contributed by atoms with Crippen LogP contribution in [-0.2, 0) is 6.42 Å². The number of non-ortho nitro benzene ring substituents is 1. The van der Waals surface area contributed by atoms with Crippen LogP contribution in [0.5, 0.6) is 0 Å². The Hall–Kier alpha value is -2.14. The van der Waals surface area contributed by atoms with Crippen LogP contribution in [0.3, 0.4) is 0 Å². The summed E-state index contributed by atoms with van der Waals surface area (Å²) in [5.41, 5.74) is 1.20. The summed E-state index contributed by atoms with van der Waals surface area (Å²) in [4.78, 5) is 10.1. The number of nitro groups is 1. The van der Waals surface area contributed by atoms with Gasteiger partial charge in [0.2, 0.25) is 0 Å². The number of rotatable bonds is 6. The first-order valence-electron chi connectivity index (χ1n) is 6.17. The molecule has 0 saturated carbocycles. The topological polar surface area (TPSA) is 68.3 Å². The maximum Gasteiger partial charge on any atom is 0.269 e. The molecule has 2 rings (SSSR count). The van der Waals surface area contributed by atoms with E-state index in [9.17, 15) is 10.1 Å². The highest BCUT2D eigenvalue weighted by Crippen LogP contribution is 2.14. The fourth-order valence-corrected chi connectivity index (χ4v) is 1.86. The molecule has 0 amide bonds. The van der Waals surface area contributed by atoms with Gasteiger partial charge in [-0.05, 0) is 37.6 Å². The molecule has 1 N–H and O–H groups in total. The summed E-state index contributed by atoms with van der Waals surface area (Å²) in [5, 5.41) is 13.9. The second-order valence-electron chi connectivity index (χ2n) is 4.36. The lowest BCUT2D eigenvalue weighted by atomic mass is 10.1. The molecule has 100 valence electrons. The highest BCUT2D eigenvalue weighted by Gasteiger charge is 2.07. The van der Waals surface area contributed by atoms with Crippen LogP contribution in [0.2, 0.25) is 0 Å². The molecule has 2 aromatic rings. The number of hydrogen-bond acceptors (Lipinski definition) is 4. The van der Waals surface area contributed by atoms with Crippen LogP contribution in [0.25, 0.3) is 0 Å². The molecular formula is C14H16N2O3. The minimum atomic E-state index is -0.388. The van der Waals surface area contributed by atoms with Gasteiger partial charge < -0.3 is 9.73 Å². The number of nitrogens with zero attached hydrogens (tertiary/aromatic N) is 1. The minimum absolute atomic E-state index is 0.126. The zero-order valence-electron chi connectivity index (χ0n) is 10.7. The largest absolute Gasteiger partial charge is 0.468 e. The Labute approximate surface area is 111 Å². The van der Waals surface area contributed by atoms with Crippen molar-refractivity contribution >= 4 is 5.69 Å². The zero-order valence-corrected chi connectivity index (χ0v) is 10.7. The lowest BCUT2D eigenvalue weighted by molar-refractivity contribution is -0.384. The minimum Gasteiger partial charge on any atom is -0.468 e. The molecule has 1 aromatic heterocycles. The highest BCUT2D eigenvalue weighted by atomic mass is 16.6. The predicted octanol–water partition coefficient (Wildman–Crippen LogP) is 3.08. The Morgan fingerprint density at radius 2 is 2.05 bits per heavy atom. The molecule has 0 aliphatic heterocycles. The van der Waals surface area contributed by atoms with E-state index in [4.69, 9.17) is 4.42 Å². The molecule has 0 bridgehead atoms. The van der Waals surface area contributed by atoms with E-state index in [2.05, 4.69) is 5.32 Å². The Morgan fingerprint density at radius 3 is 2.63 bits per heavy atom. The van der Waals surface area contributed by atoms with Crippen molar-refractivity contribution in [1.82, 2.24) is 5.32 Å². The van der Waals surface area contributed by atoms with Gasteiger partial charge in [-0.2, -0.15) is 0 Å². The van der Waals surface area contributed by atoms with E-state index in [1.165, 1.54) is 12.1 Å². The van der Waals surface area contributed by atoms with E-state index in [0.29, 0.717) is 0 Å². The molecule has 0 aliphatic rings. The number of benzene rings is 1. The normalized spacial score (nSPS) is 12.3. The summed E-state index contributed by atoms with van der Waals surface area (Å²) in [6.45, 7) is 2.83. The second kappa shape index (κ2) is 6.15. The standard InChI is InChI=1S/C14H16N2O3/c1-11(14-3-2-10-19-14)15-9-8-12-4-6-13(7-5-12)16(17)18/h2-7,10-11,15H,8-9H2,1H3/t11-/m1/s1. The van der Waals surface area contributed by atoms with Crippen molar-refractivity contribution < 1.29 is 9.34 Å². The lowest BCUT2D eigenvalue weighted by Gasteiger charge is -2.10. The summed E-state index contributed by atoms with van der Waals surface area (Å²) in [6.07, 6.45) is 2.48. The van der Waals surface area contributed by atoms with Gasteiger partial charge >= 0.3 is 0 Å². The molecule has 0 spiro atoms. The van der Waals surface area contributed by atoms with E-state index in [1.807, 2.05) is 19.1 Å². The molecule has 1 aromatic carbocycles. The predicted molar refractivity (Wildman–Crippen MR) is 71.9 cm³/mol. The molecule has 1 heterocycles. The van der Waals surface area contributed by atoms with Gasteiger partial charge in [-0.3, -0.25) is 10.1 Å². The van der Waals surface area contributed by atoms with Crippen LogP contribution in [-0.4, -0.2) is 11.5 Å². The fraction of sp³-hybridized carbons (Fsp3) is 0.286. The molecule has 5 heteroatoms. The van der Waals surface area contributed by atoms with Crippen LogP contribution >= 0.6 is 0 Å². The van der Waals surface area contributed by atoms with Crippen molar-refractivity contribution in [3.8, 4) is 0 Å². The summed E-state index contributed by atoms with van der Waals surface area (Å²) >= 11 is 0. The quantitative estimate of drug-likeness (QED) is 0.640. The van der Waals surface area contributed by atoms with Crippen LogP contribution in [0.15, 0.2) is 47.1 Å². The zero-order chi connectivity index (χ0) is 13.7. The van der Waals surface area contributed by atoms with Gasteiger partial charge in [0.15, 0.2) is 0 Å². The molecular weight excluding hydrogens is 244 g/mol. The van der Waals surface area contributed by atoms with Crippen molar-refractivity contribution in [1.29, 1.82) is 0 Å². The van der Waals surface area contributed by atoms with Crippen molar-refractivity contribution in [2.45, 2.75) is 19.4 Å². The first-order chi connectivity index (χ1) is 9.16. The van der Waals surface area contributed by atoms with Crippen LogP contribution in [0.1, 0.15) is 24.3 Å². The lowest BCUT2D eigenvalue weighted by Crippen LogP contribution is -2.20. The molecule has 0 fully saturated rings. The Balaban J connectivity index is 1.81. The SMILES string of the molecule is C[C@@H](NCCc1ccc([N+](=O)[O-])cc1)c1ccco1. The monoisotopic (exact) mass is 260 g/mol. The van der Waals surface area contributed by atoms with E-state index in [1.54, 1.807) is 18.4 Å². The highest BCUT2D eigenvalue weighted by molar-refractivity contribution is 5.32. The molecule has 0 aliphatic carbocycles. The van der Waals surface area contributed by atoms with Gasteiger partial charge in [0.25, 0.3) is 5.69 Å². The average Bonchev–Trinajstić information content (AvgIpc) is 2.93. The second-order valence-corrected chi connectivity index (χ2v) is 4.36. The number of nitrogens with one attached hydrogen (secondary N) is 1. The summed E-state index contributed by atoms with van der Waals surface area (Å²) in [6, 6.07) is 10.6. The Bertz CT molecular complexity index is 520. The van der Waals surface area contributed by atoms with Crippen molar-refractivity contribution in [2.75, 3.05) is 6.54 Å². The number of furan rings is 1. The van der Waals surface area contributed by atoms with Gasteiger partial charge in [-0.1, -0.05) is 12.1 Å². The third kappa shape index (κ3) is 3.66. The molecule has 5 nitrogen and oxygen atoms in total. The van der Waals surface area contributed by atoms with Crippen LogP contribution in [0, 0.1) is 10.1 Å². The fourth-order valence-electron chi connectivity index (χ4n) is 1.86. The first kappa shape index (κ1) is 13.3.